The van der Waals surface area contributed by atoms with Gasteiger partial charge in [-0.3, -0.25) is 9.36 Å². The summed E-state index contributed by atoms with van der Waals surface area (Å²) in [6.07, 6.45) is 1.76. The average Bonchev–Trinajstić information content (AvgIpc) is 3.18. The summed E-state index contributed by atoms with van der Waals surface area (Å²) in [7, 11) is 3.13. The zero-order valence-corrected chi connectivity index (χ0v) is 23.6. The number of nitrogens with zero attached hydrogens (tertiary/aromatic N) is 2. The lowest BCUT2D eigenvalue weighted by atomic mass is 9.96. The fourth-order valence-electron chi connectivity index (χ4n) is 4.16. The van der Waals surface area contributed by atoms with Crippen molar-refractivity contribution in [3.05, 3.63) is 83.0 Å². The van der Waals surface area contributed by atoms with Crippen molar-refractivity contribution in [3.63, 3.8) is 0 Å². The minimum Gasteiger partial charge on any atom is -0.496 e. The molecule has 1 atom stereocenters. The molecule has 0 saturated heterocycles. The number of carbonyl (C=O) groups excluding carboxylic acids is 1. The van der Waals surface area contributed by atoms with Crippen molar-refractivity contribution < 1.29 is 23.7 Å². The van der Waals surface area contributed by atoms with Crippen molar-refractivity contribution in [2.75, 3.05) is 27.4 Å². The quantitative estimate of drug-likeness (QED) is 0.371. The summed E-state index contributed by atoms with van der Waals surface area (Å²) in [6, 6.07) is 10.2. The molecule has 0 fully saturated rings. The molecule has 10 heteroatoms. The van der Waals surface area contributed by atoms with E-state index in [4.69, 9.17) is 18.9 Å². The van der Waals surface area contributed by atoms with Gasteiger partial charge in [0, 0.05) is 11.6 Å². The van der Waals surface area contributed by atoms with Gasteiger partial charge in [0.1, 0.15) is 17.2 Å². The van der Waals surface area contributed by atoms with Crippen LogP contribution in [0.4, 0.5) is 0 Å². The SMILES string of the molecule is CCOC(=O)C1=C(C)N=c2sc(=Cc3cc(Br)c(OC)cc3OC)c(=O)n2[C@@H]1c1ccc(OCC)cc1. The molecule has 0 unspecified atom stereocenters. The van der Waals surface area contributed by atoms with Gasteiger partial charge in [-0.1, -0.05) is 23.5 Å². The van der Waals surface area contributed by atoms with Crippen LogP contribution in [0.25, 0.3) is 6.08 Å². The maximum atomic E-state index is 13.8. The van der Waals surface area contributed by atoms with Gasteiger partial charge in [-0.25, -0.2) is 9.79 Å². The number of aromatic nitrogens is 1. The van der Waals surface area contributed by atoms with Crippen LogP contribution in [0, 0.1) is 0 Å². The molecule has 37 heavy (non-hydrogen) atoms. The van der Waals surface area contributed by atoms with Crippen molar-refractivity contribution in [2.45, 2.75) is 26.8 Å². The van der Waals surface area contributed by atoms with E-state index in [-0.39, 0.29) is 12.2 Å². The molecule has 2 aromatic carbocycles. The molecular weight excluding hydrogens is 560 g/mol. The Balaban J connectivity index is 1.93. The van der Waals surface area contributed by atoms with E-state index in [1.165, 1.54) is 11.3 Å². The molecule has 0 spiro atoms. The molecule has 1 aromatic heterocycles. The first-order valence-electron chi connectivity index (χ1n) is 11.7. The average molecular weight is 587 g/mol. The molecule has 0 N–H and O–H groups in total. The highest BCUT2D eigenvalue weighted by Gasteiger charge is 2.33. The largest absolute Gasteiger partial charge is 0.496 e. The number of hydrogen-bond donors (Lipinski definition) is 0. The van der Waals surface area contributed by atoms with Crippen LogP contribution < -0.4 is 29.1 Å². The van der Waals surface area contributed by atoms with E-state index in [1.807, 2.05) is 37.3 Å². The summed E-state index contributed by atoms with van der Waals surface area (Å²) >= 11 is 4.74. The molecule has 8 nitrogen and oxygen atoms in total. The number of methoxy groups -OCH3 is 2. The zero-order valence-electron chi connectivity index (χ0n) is 21.2. The first-order chi connectivity index (χ1) is 17.8. The maximum Gasteiger partial charge on any atom is 0.338 e. The molecule has 194 valence electrons. The van der Waals surface area contributed by atoms with E-state index in [0.29, 0.717) is 50.0 Å². The lowest BCUT2D eigenvalue weighted by Gasteiger charge is -2.24. The standard InChI is InChI=1S/C27H27BrN2O6S/c1-6-35-18-10-8-16(9-11-18)24-23(26(32)36-7-2)15(3)29-27-30(24)25(31)22(37-27)13-17-12-19(28)21(34-5)14-20(17)33-4/h8-14,24H,6-7H2,1-5H3/t24-/m1/s1. The number of hydrogen-bond acceptors (Lipinski definition) is 8. The van der Waals surface area contributed by atoms with Crippen molar-refractivity contribution in [2.24, 2.45) is 4.99 Å². The second-order valence-electron chi connectivity index (χ2n) is 8.03. The monoisotopic (exact) mass is 586 g/mol. The third kappa shape index (κ3) is 5.21. The Hall–Kier alpha value is -3.37. The van der Waals surface area contributed by atoms with Crippen molar-refractivity contribution in [1.82, 2.24) is 4.57 Å². The van der Waals surface area contributed by atoms with Gasteiger partial charge in [0.25, 0.3) is 5.56 Å². The summed E-state index contributed by atoms with van der Waals surface area (Å²) in [5.74, 6) is 1.37. The van der Waals surface area contributed by atoms with Gasteiger partial charge in [0.15, 0.2) is 4.80 Å². The number of ether oxygens (including phenoxy) is 4. The van der Waals surface area contributed by atoms with Crippen LogP contribution in [-0.2, 0) is 9.53 Å². The fourth-order valence-corrected chi connectivity index (χ4v) is 5.72. The second kappa shape index (κ2) is 11.4. The Labute approximate surface area is 226 Å². The molecule has 0 amide bonds. The topological polar surface area (TPSA) is 88.4 Å². The number of fused-ring (bicyclic) bond motifs is 1. The van der Waals surface area contributed by atoms with Crippen molar-refractivity contribution >= 4 is 39.3 Å². The van der Waals surface area contributed by atoms with E-state index in [2.05, 4.69) is 20.9 Å². The van der Waals surface area contributed by atoms with Crippen LogP contribution in [0.1, 0.15) is 37.9 Å². The van der Waals surface area contributed by atoms with Crippen LogP contribution in [0.5, 0.6) is 17.2 Å². The molecule has 4 rings (SSSR count). The number of benzene rings is 2. The van der Waals surface area contributed by atoms with Crippen LogP contribution in [-0.4, -0.2) is 38.0 Å². The Kier molecular flexibility index (Phi) is 8.19. The lowest BCUT2D eigenvalue weighted by molar-refractivity contribution is -0.139. The van der Waals surface area contributed by atoms with Crippen molar-refractivity contribution in [3.8, 4) is 17.2 Å². The van der Waals surface area contributed by atoms with Gasteiger partial charge >= 0.3 is 5.97 Å². The molecule has 3 aromatic rings. The Morgan fingerprint density at radius 2 is 1.81 bits per heavy atom. The first-order valence-corrected chi connectivity index (χ1v) is 13.3. The van der Waals surface area contributed by atoms with Gasteiger partial charge in [-0.05, 0) is 66.5 Å². The third-order valence-electron chi connectivity index (χ3n) is 5.81. The second-order valence-corrected chi connectivity index (χ2v) is 9.90. The number of thiazole rings is 1. The van der Waals surface area contributed by atoms with Crippen LogP contribution in [0.15, 0.2) is 61.9 Å². The van der Waals surface area contributed by atoms with Gasteiger partial charge in [0.05, 0.1) is 53.8 Å². The minimum absolute atomic E-state index is 0.210. The number of carbonyl (C=O) groups is 1. The lowest BCUT2D eigenvalue weighted by Crippen LogP contribution is -2.39. The highest BCUT2D eigenvalue weighted by atomic mass is 79.9. The zero-order chi connectivity index (χ0) is 26.7. The summed E-state index contributed by atoms with van der Waals surface area (Å²) in [5.41, 5.74) is 2.01. The summed E-state index contributed by atoms with van der Waals surface area (Å²) in [5, 5.41) is 0. The Bertz CT molecular complexity index is 1540. The molecule has 1 aliphatic heterocycles. The van der Waals surface area contributed by atoms with Gasteiger partial charge < -0.3 is 18.9 Å². The highest BCUT2D eigenvalue weighted by Crippen LogP contribution is 2.34. The van der Waals surface area contributed by atoms with E-state index < -0.39 is 12.0 Å². The molecule has 2 heterocycles. The molecule has 0 saturated carbocycles. The normalized spacial score (nSPS) is 15.2. The molecule has 0 aliphatic carbocycles. The van der Waals surface area contributed by atoms with Crippen molar-refractivity contribution in [1.29, 1.82) is 0 Å². The highest BCUT2D eigenvalue weighted by molar-refractivity contribution is 9.10. The molecular formula is C27H27BrN2O6S. The first kappa shape index (κ1) is 26.7. The minimum atomic E-state index is -0.697. The fraction of sp³-hybridized carbons (Fsp3) is 0.296. The Morgan fingerprint density at radius 1 is 1.11 bits per heavy atom. The van der Waals surface area contributed by atoms with E-state index >= 15 is 0 Å². The van der Waals surface area contributed by atoms with Gasteiger partial charge in [-0.2, -0.15) is 0 Å². The summed E-state index contributed by atoms with van der Waals surface area (Å²) < 4.78 is 24.5. The molecule has 0 radical (unpaired) electrons. The summed E-state index contributed by atoms with van der Waals surface area (Å²) in [4.78, 5) is 32.0. The summed E-state index contributed by atoms with van der Waals surface area (Å²) in [6.45, 7) is 6.16. The predicted octanol–water partition coefficient (Wildman–Crippen LogP) is 3.98. The number of rotatable bonds is 8. The van der Waals surface area contributed by atoms with Crippen LogP contribution >= 0.6 is 27.3 Å². The van der Waals surface area contributed by atoms with Crippen LogP contribution in [0.2, 0.25) is 0 Å². The maximum absolute atomic E-state index is 13.8. The smallest absolute Gasteiger partial charge is 0.338 e. The number of halogens is 1. The predicted molar refractivity (Wildman–Crippen MR) is 145 cm³/mol. The molecule has 0 bridgehead atoms. The molecule has 1 aliphatic rings. The van der Waals surface area contributed by atoms with Gasteiger partial charge in [0.2, 0.25) is 0 Å². The number of allylic oxidation sites excluding steroid dienone is 1. The van der Waals surface area contributed by atoms with Gasteiger partial charge in [-0.15, -0.1) is 0 Å². The third-order valence-corrected chi connectivity index (χ3v) is 7.42. The number of esters is 1. The Morgan fingerprint density at radius 3 is 2.43 bits per heavy atom. The van der Waals surface area contributed by atoms with E-state index in [1.54, 1.807) is 44.8 Å². The van der Waals surface area contributed by atoms with Crippen LogP contribution in [0.3, 0.4) is 0 Å². The van der Waals surface area contributed by atoms with E-state index in [9.17, 15) is 9.59 Å². The van der Waals surface area contributed by atoms with E-state index in [0.717, 1.165) is 10.0 Å².